The Balaban J connectivity index is 2.57. The highest BCUT2D eigenvalue weighted by atomic mass is 16.5. The van der Waals surface area contributed by atoms with Crippen LogP contribution in [0.4, 0.5) is 0 Å². The Morgan fingerprint density at radius 1 is 1.28 bits per heavy atom. The molecule has 0 aromatic heterocycles. The standard InChI is InChI=1S/C13H15NO4/c1-9(13(14)16)18-12(15)8-5-10-3-6-11(17-2)7-4-10/h3-9H,1-2H3,(H2,14,16)/b8-5+/t9-/m1/s1. The van der Waals surface area contributed by atoms with Gasteiger partial charge in [0.2, 0.25) is 0 Å². The van der Waals surface area contributed by atoms with Crippen LogP contribution < -0.4 is 10.5 Å². The highest BCUT2D eigenvalue weighted by Gasteiger charge is 2.11. The van der Waals surface area contributed by atoms with Crippen molar-refractivity contribution in [2.75, 3.05) is 7.11 Å². The summed E-state index contributed by atoms with van der Waals surface area (Å²) in [6.07, 6.45) is 1.88. The molecule has 1 amide bonds. The molecule has 0 fully saturated rings. The molecule has 0 radical (unpaired) electrons. The van der Waals surface area contributed by atoms with E-state index in [4.69, 9.17) is 15.2 Å². The second-order valence-electron chi connectivity index (χ2n) is 3.59. The summed E-state index contributed by atoms with van der Waals surface area (Å²) in [6.45, 7) is 1.42. The van der Waals surface area contributed by atoms with Crippen LogP contribution in [0.15, 0.2) is 30.3 Å². The minimum absolute atomic E-state index is 0.614. The third kappa shape index (κ3) is 4.29. The van der Waals surface area contributed by atoms with E-state index < -0.39 is 18.0 Å². The third-order valence-electron chi connectivity index (χ3n) is 2.22. The van der Waals surface area contributed by atoms with Crippen LogP contribution in [0.2, 0.25) is 0 Å². The van der Waals surface area contributed by atoms with E-state index in [0.29, 0.717) is 0 Å². The van der Waals surface area contributed by atoms with Gasteiger partial charge in [-0.1, -0.05) is 12.1 Å². The quantitative estimate of drug-likeness (QED) is 0.626. The second-order valence-corrected chi connectivity index (χ2v) is 3.59. The van der Waals surface area contributed by atoms with Crippen molar-refractivity contribution in [2.45, 2.75) is 13.0 Å². The van der Waals surface area contributed by atoms with E-state index in [-0.39, 0.29) is 0 Å². The minimum atomic E-state index is -0.932. The third-order valence-corrected chi connectivity index (χ3v) is 2.22. The number of rotatable bonds is 5. The Hall–Kier alpha value is -2.30. The zero-order valence-corrected chi connectivity index (χ0v) is 10.3. The van der Waals surface area contributed by atoms with Crippen molar-refractivity contribution < 1.29 is 19.1 Å². The predicted octanol–water partition coefficient (Wildman–Crippen LogP) is 1.13. The van der Waals surface area contributed by atoms with Crippen molar-refractivity contribution in [3.8, 4) is 5.75 Å². The highest BCUT2D eigenvalue weighted by Crippen LogP contribution is 2.12. The first-order valence-corrected chi connectivity index (χ1v) is 5.35. The van der Waals surface area contributed by atoms with Crippen LogP contribution in [-0.2, 0) is 14.3 Å². The molecule has 5 heteroatoms. The van der Waals surface area contributed by atoms with Crippen LogP contribution in [0.3, 0.4) is 0 Å². The summed E-state index contributed by atoms with van der Waals surface area (Å²) in [5.74, 6) is -0.560. The summed E-state index contributed by atoms with van der Waals surface area (Å²) >= 11 is 0. The fourth-order valence-corrected chi connectivity index (χ4v) is 1.15. The number of hydrogen-bond acceptors (Lipinski definition) is 4. The summed E-state index contributed by atoms with van der Waals surface area (Å²) in [4.78, 5) is 22.0. The van der Waals surface area contributed by atoms with Gasteiger partial charge < -0.3 is 15.2 Å². The van der Waals surface area contributed by atoms with Gasteiger partial charge in [0, 0.05) is 6.08 Å². The molecule has 1 atom stereocenters. The van der Waals surface area contributed by atoms with Crippen molar-refractivity contribution in [1.29, 1.82) is 0 Å². The van der Waals surface area contributed by atoms with E-state index in [1.54, 1.807) is 37.5 Å². The van der Waals surface area contributed by atoms with Crippen LogP contribution in [-0.4, -0.2) is 25.1 Å². The Kier molecular flexibility index (Phi) is 4.92. The van der Waals surface area contributed by atoms with E-state index >= 15 is 0 Å². The fraction of sp³-hybridized carbons (Fsp3) is 0.231. The number of carbonyl (C=O) groups excluding carboxylic acids is 2. The molecule has 18 heavy (non-hydrogen) atoms. The van der Waals surface area contributed by atoms with Crippen LogP contribution in [0.5, 0.6) is 5.75 Å². The number of carbonyl (C=O) groups is 2. The highest BCUT2D eigenvalue weighted by molar-refractivity contribution is 5.89. The van der Waals surface area contributed by atoms with Gasteiger partial charge in [0.15, 0.2) is 6.10 Å². The van der Waals surface area contributed by atoms with Gasteiger partial charge in [-0.25, -0.2) is 4.79 Å². The number of hydrogen-bond donors (Lipinski definition) is 1. The molecule has 0 bridgehead atoms. The Bertz CT molecular complexity index is 451. The lowest BCUT2D eigenvalue weighted by Crippen LogP contribution is -2.29. The molecule has 2 N–H and O–H groups in total. The largest absolute Gasteiger partial charge is 0.497 e. The van der Waals surface area contributed by atoms with Gasteiger partial charge in [-0.2, -0.15) is 0 Å². The van der Waals surface area contributed by atoms with Gasteiger partial charge in [-0.3, -0.25) is 4.79 Å². The van der Waals surface area contributed by atoms with Crippen molar-refractivity contribution in [3.63, 3.8) is 0 Å². The minimum Gasteiger partial charge on any atom is -0.497 e. The maximum absolute atomic E-state index is 11.3. The SMILES string of the molecule is COc1ccc(/C=C/C(=O)O[C@H](C)C(N)=O)cc1. The average molecular weight is 249 g/mol. The number of esters is 1. The van der Waals surface area contributed by atoms with E-state index in [2.05, 4.69) is 0 Å². The molecule has 0 aliphatic rings. The van der Waals surface area contributed by atoms with Crippen LogP contribution >= 0.6 is 0 Å². The molecule has 0 heterocycles. The van der Waals surface area contributed by atoms with Gasteiger partial charge >= 0.3 is 5.97 Å². The lowest BCUT2D eigenvalue weighted by Gasteiger charge is -2.06. The van der Waals surface area contributed by atoms with Gasteiger partial charge in [0.25, 0.3) is 5.91 Å². The molecule has 1 aromatic carbocycles. The molecule has 0 unspecified atom stereocenters. The number of ether oxygens (including phenoxy) is 2. The average Bonchev–Trinajstić information content (AvgIpc) is 2.36. The number of benzene rings is 1. The van der Waals surface area contributed by atoms with Gasteiger partial charge in [0.1, 0.15) is 5.75 Å². The van der Waals surface area contributed by atoms with Crippen molar-refractivity contribution in [3.05, 3.63) is 35.9 Å². The normalized spacial score (nSPS) is 12.1. The molecule has 1 rings (SSSR count). The van der Waals surface area contributed by atoms with Gasteiger partial charge in [-0.05, 0) is 30.7 Å². The first-order chi connectivity index (χ1) is 8.52. The first kappa shape index (κ1) is 13.8. The smallest absolute Gasteiger partial charge is 0.331 e. The van der Waals surface area contributed by atoms with Crippen LogP contribution in [0, 0.1) is 0 Å². The van der Waals surface area contributed by atoms with Crippen molar-refractivity contribution in [2.24, 2.45) is 5.73 Å². The molecule has 5 nitrogen and oxygen atoms in total. The predicted molar refractivity (Wildman–Crippen MR) is 66.8 cm³/mol. The molecule has 1 aromatic rings. The molecule has 0 spiro atoms. The van der Waals surface area contributed by atoms with Crippen LogP contribution in [0.1, 0.15) is 12.5 Å². The lowest BCUT2D eigenvalue weighted by molar-refractivity contribution is -0.148. The number of methoxy groups -OCH3 is 1. The van der Waals surface area contributed by atoms with E-state index in [1.807, 2.05) is 0 Å². The summed E-state index contributed by atoms with van der Waals surface area (Å²) in [5, 5.41) is 0. The molecule has 96 valence electrons. The van der Waals surface area contributed by atoms with Crippen LogP contribution in [0.25, 0.3) is 6.08 Å². The lowest BCUT2D eigenvalue weighted by atomic mass is 10.2. The number of amides is 1. The maximum Gasteiger partial charge on any atom is 0.331 e. The number of nitrogens with two attached hydrogens (primary N) is 1. The summed E-state index contributed by atoms with van der Waals surface area (Å²) in [7, 11) is 1.58. The van der Waals surface area contributed by atoms with Gasteiger partial charge in [-0.15, -0.1) is 0 Å². The Labute approximate surface area is 105 Å². The Morgan fingerprint density at radius 2 is 1.89 bits per heavy atom. The summed E-state index contributed by atoms with van der Waals surface area (Å²) in [5.41, 5.74) is 5.79. The molecule has 0 saturated carbocycles. The van der Waals surface area contributed by atoms with Crippen molar-refractivity contribution in [1.82, 2.24) is 0 Å². The number of primary amides is 1. The van der Waals surface area contributed by atoms with E-state index in [0.717, 1.165) is 11.3 Å². The Morgan fingerprint density at radius 3 is 2.39 bits per heavy atom. The topological polar surface area (TPSA) is 78.6 Å². The van der Waals surface area contributed by atoms with Crippen molar-refractivity contribution >= 4 is 18.0 Å². The fourth-order valence-electron chi connectivity index (χ4n) is 1.15. The molecular formula is C13H15NO4. The molecule has 0 saturated heterocycles. The maximum atomic E-state index is 11.3. The molecule has 0 aliphatic carbocycles. The van der Waals surface area contributed by atoms with Gasteiger partial charge in [0.05, 0.1) is 7.11 Å². The summed E-state index contributed by atoms with van der Waals surface area (Å²) < 4.78 is 9.76. The zero-order valence-electron chi connectivity index (χ0n) is 10.3. The summed E-state index contributed by atoms with van der Waals surface area (Å²) in [6, 6.07) is 7.13. The van der Waals surface area contributed by atoms with E-state index in [9.17, 15) is 9.59 Å². The zero-order chi connectivity index (χ0) is 13.5. The van der Waals surface area contributed by atoms with E-state index in [1.165, 1.54) is 13.0 Å². The molecule has 0 aliphatic heterocycles. The molecular weight excluding hydrogens is 234 g/mol. The first-order valence-electron chi connectivity index (χ1n) is 5.35. The second kappa shape index (κ2) is 6.44. The monoisotopic (exact) mass is 249 g/mol.